The molecule has 10 heteroatoms. The molecule has 148 valence electrons. The van der Waals surface area contributed by atoms with E-state index in [2.05, 4.69) is 10.6 Å². The van der Waals surface area contributed by atoms with Crippen LogP contribution in [0.25, 0.3) is 0 Å². The third-order valence-electron chi connectivity index (χ3n) is 4.22. The molecule has 2 N–H and O–H groups in total. The molecule has 1 aromatic rings. The second kappa shape index (κ2) is 9.32. The molecule has 0 unspecified atom stereocenters. The lowest BCUT2D eigenvalue weighted by Gasteiger charge is -2.35. The zero-order chi connectivity index (χ0) is 20.2. The Morgan fingerprint density at radius 3 is 2.11 bits per heavy atom. The van der Waals surface area contributed by atoms with Gasteiger partial charge in [-0.1, -0.05) is 65.7 Å². The number of anilines is 1. The van der Waals surface area contributed by atoms with E-state index >= 15 is 0 Å². The number of hydrogen-bond donors (Lipinski definition) is 2. The highest BCUT2D eigenvalue weighted by Gasteiger charge is 2.42. The average molecular weight is 456 g/mol. The summed E-state index contributed by atoms with van der Waals surface area (Å²) < 4.78 is 5.14. The van der Waals surface area contributed by atoms with E-state index < -0.39 is 24.0 Å². The molecule has 1 aromatic carbocycles. The van der Waals surface area contributed by atoms with Crippen LogP contribution in [0.2, 0.25) is 20.1 Å². The van der Waals surface area contributed by atoms with Gasteiger partial charge in [0.1, 0.15) is 5.54 Å². The zero-order valence-corrected chi connectivity index (χ0v) is 17.5. The lowest BCUT2D eigenvalue weighted by Crippen LogP contribution is -2.56. The van der Waals surface area contributed by atoms with E-state index in [-0.39, 0.29) is 31.7 Å². The summed E-state index contributed by atoms with van der Waals surface area (Å²) in [4.78, 5) is 36.2. The molecule has 1 aliphatic rings. The van der Waals surface area contributed by atoms with Gasteiger partial charge in [-0.3, -0.25) is 9.59 Å². The third-order valence-corrected chi connectivity index (χ3v) is 5.80. The normalized spacial score (nSPS) is 15.7. The summed E-state index contributed by atoms with van der Waals surface area (Å²) in [6.07, 6.45) is 3.48. The SMILES string of the molecule is CC(=O)NC1(C(=O)OCC(=O)Nc2c(Cl)c(Cl)cc(Cl)c2Cl)CCCCC1. The summed E-state index contributed by atoms with van der Waals surface area (Å²) in [7, 11) is 0. The third kappa shape index (κ3) is 5.41. The Kier molecular flexibility index (Phi) is 7.63. The fourth-order valence-corrected chi connectivity index (χ4v) is 3.90. The zero-order valence-electron chi connectivity index (χ0n) is 14.5. The number of hydrogen-bond acceptors (Lipinski definition) is 4. The van der Waals surface area contributed by atoms with Gasteiger partial charge in [0, 0.05) is 6.92 Å². The van der Waals surface area contributed by atoms with Crippen LogP contribution >= 0.6 is 46.4 Å². The van der Waals surface area contributed by atoms with Crippen LogP contribution in [0, 0.1) is 0 Å². The second-order valence-electron chi connectivity index (χ2n) is 6.29. The molecule has 1 aliphatic carbocycles. The molecular weight excluding hydrogens is 438 g/mol. The number of benzene rings is 1. The van der Waals surface area contributed by atoms with Crippen molar-refractivity contribution in [2.24, 2.45) is 0 Å². The van der Waals surface area contributed by atoms with E-state index in [9.17, 15) is 14.4 Å². The van der Waals surface area contributed by atoms with Gasteiger partial charge in [-0.15, -0.1) is 0 Å². The smallest absolute Gasteiger partial charge is 0.332 e. The molecule has 0 aliphatic heterocycles. The number of rotatable bonds is 5. The van der Waals surface area contributed by atoms with Gasteiger partial charge in [0.15, 0.2) is 6.61 Å². The minimum atomic E-state index is -1.10. The van der Waals surface area contributed by atoms with Gasteiger partial charge in [-0.25, -0.2) is 4.79 Å². The van der Waals surface area contributed by atoms with Gasteiger partial charge in [0.25, 0.3) is 5.91 Å². The Morgan fingerprint density at radius 1 is 1.04 bits per heavy atom. The number of carbonyl (C=O) groups excluding carboxylic acids is 3. The molecule has 0 heterocycles. The van der Waals surface area contributed by atoms with Gasteiger partial charge >= 0.3 is 5.97 Å². The molecule has 2 amide bonds. The van der Waals surface area contributed by atoms with Crippen molar-refractivity contribution in [3.8, 4) is 0 Å². The van der Waals surface area contributed by atoms with Crippen LogP contribution in [-0.4, -0.2) is 29.9 Å². The van der Waals surface area contributed by atoms with Crippen molar-refractivity contribution in [3.63, 3.8) is 0 Å². The van der Waals surface area contributed by atoms with Crippen molar-refractivity contribution in [2.75, 3.05) is 11.9 Å². The Hall–Kier alpha value is -1.21. The molecule has 27 heavy (non-hydrogen) atoms. The summed E-state index contributed by atoms with van der Waals surface area (Å²) in [5.74, 6) is -1.64. The van der Waals surface area contributed by atoms with E-state index in [1.54, 1.807) is 0 Å². The van der Waals surface area contributed by atoms with Gasteiger partial charge in [-0.2, -0.15) is 0 Å². The fraction of sp³-hybridized carbons (Fsp3) is 0.471. The molecule has 6 nitrogen and oxygen atoms in total. The Bertz CT molecular complexity index is 738. The molecule has 0 spiro atoms. The molecule has 1 saturated carbocycles. The summed E-state index contributed by atoms with van der Waals surface area (Å²) >= 11 is 23.9. The van der Waals surface area contributed by atoms with Crippen molar-refractivity contribution in [1.29, 1.82) is 0 Å². The van der Waals surface area contributed by atoms with Crippen molar-refractivity contribution in [1.82, 2.24) is 5.32 Å². The minimum Gasteiger partial charge on any atom is -0.454 e. The molecule has 0 atom stereocenters. The van der Waals surface area contributed by atoms with Crippen LogP contribution in [0.5, 0.6) is 0 Å². The number of halogens is 4. The maximum Gasteiger partial charge on any atom is 0.332 e. The van der Waals surface area contributed by atoms with Crippen LogP contribution in [0.3, 0.4) is 0 Å². The van der Waals surface area contributed by atoms with Crippen LogP contribution in [0.1, 0.15) is 39.0 Å². The minimum absolute atomic E-state index is 0.0211. The topological polar surface area (TPSA) is 84.5 Å². The van der Waals surface area contributed by atoms with Crippen LogP contribution in [-0.2, 0) is 19.1 Å². The number of carbonyl (C=O) groups is 3. The first-order valence-electron chi connectivity index (χ1n) is 8.25. The molecule has 2 rings (SSSR count). The molecule has 0 radical (unpaired) electrons. The molecular formula is C17H18Cl4N2O4. The van der Waals surface area contributed by atoms with Gasteiger partial charge in [0.2, 0.25) is 5.91 Å². The molecule has 0 aromatic heterocycles. The van der Waals surface area contributed by atoms with Gasteiger partial charge in [0.05, 0.1) is 25.8 Å². The number of esters is 1. The lowest BCUT2D eigenvalue weighted by molar-refractivity contribution is -0.157. The van der Waals surface area contributed by atoms with Crippen molar-refractivity contribution in [3.05, 3.63) is 26.2 Å². The largest absolute Gasteiger partial charge is 0.454 e. The number of amides is 2. The van der Waals surface area contributed by atoms with Crippen LogP contribution < -0.4 is 10.6 Å². The highest BCUT2D eigenvalue weighted by Crippen LogP contribution is 2.41. The first-order chi connectivity index (χ1) is 12.7. The fourth-order valence-electron chi connectivity index (χ4n) is 3.00. The van der Waals surface area contributed by atoms with E-state index in [4.69, 9.17) is 51.1 Å². The van der Waals surface area contributed by atoms with E-state index in [0.29, 0.717) is 12.8 Å². The second-order valence-corrected chi connectivity index (χ2v) is 7.86. The summed E-state index contributed by atoms with van der Waals surface area (Å²) in [6.45, 7) is 0.764. The van der Waals surface area contributed by atoms with Crippen LogP contribution in [0.4, 0.5) is 5.69 Å². The maximum atomic E-state index is 12.5. The first-order valence-corrected chi connectivity index (χ1v) is 9.76. The Balaban J connectivity index is 2.04. The summed E-state index contributed by atoms with van der Waals surface area (Å²) in [5, 5.41) is 5.39. The highest BCUT2D eigenvalue weighted by atomic mass is 35.5. The first kappa shape index (κ1) is 22.1. The van der Waals surface area contributed by atoms with Crippen molar-refractivity contribution in [2.45, 2.75) is 44.6 Å². The van der Waals surface area contributed by atoms with Crippen molar-refractivity contribution < 1.29 is 19.1 Å². The Labute approximate surface area is 176 Å². The molecule has 0 bridgehead atoms. The maximum absolute atomic E-state index is 12.5. The van der Waals surface area contributed by atoms with Gasteiger partial charge < -0.3 is 15.4 Å². The average Bonchev–Trinajstić information content (AvgIpc) is 2.61. The molecule has 0 saturated heterocycles. The predicted octanol–water partition coefficient (Wildman–Crippen LogP) is 4.62. The van der Waals surface area contributed by atoms with Crippen LogP contribution in [0.15, 0.2) is 6.07 Å². The Morgan fingerprint density at radius 2 is 1.59 bits per heavy atom. The standard InChI is InChI=1S/C17H18Cl4N2O4/c1-9(24)23-17(5-3-2-4-6-17)16(26)27-8-12(25)22-15-13(20)10(18)7-11(19)14(15)21/h7H,2-6,8H2,1H3,(H,22,25)(H,23,24). The molecule has 1 fully saturated rings. The lowest BCUT2D eigenvalue weighted by atomic mass is 9.81. The van der Waals surface area contributed by atoms with E-state index in [1.165, 1.54) is 13.0 Å². The van der Waals surface area contributed by atoms with E-state index in [0.717, 1.165) is 19.3 Å². The predicted molar refractivity (Wildman–Crippen MR) is 106 cm³/mol. The monoisotopic (exact) mass is 454 g/mol. The summed E-state index contributed by atoms with van der Waals surface area (Å²) in [6, 6.07) is 1.35. The highest BCUT2D eigenvalue weighted by molar-refractivity contribution is 6.50. The van der Waals surface area contributed by atoms with Crippen molar-refractivity contribution >= 4 is 69.9 Å². The number of ether oxygens (including phenoxy) is 1. The quantitative estimate of drug-likeness (QED) is 0.501. The van der Waals surface area contributed by atoms with Gasteiger partial charge in [-0.05, 0) is 18.9 Å². The van der Waals surface area contributed by atoms with E-state index in [1.807, 2.05) is 0 Å². The summed E-state index contributed by atoms with van der Waals surface area (Å²) in [5.41, 5.74) is -1.06. The number of nitrogens with one attached hydrogen (secondary N) is 2.